The molecular weight excluding hydrogens is 380 g/mol. The Morgan fingerprint density at radius 3 is 2.41 bits per heavy atom. The Balaban J connectivity index is 1.90. The number of Topliss-reactive ketones (excluding diaryl/α,β-unsaturated/α-hetero) is 1. The first-order chi connectivity index (χ1) is 14.1. The van der Waals surface area contributed by atoms with Crippen LogP contribution in [0.2, 0.25) is 0 Å². The molecule has 2 atom stereocenters. The molecule has 3 aromatic carbocycles. The highest BCUT2D eigenvalue weighted by molar-refractivity contribution is 8.14. The zero-order chi connectivity index (χ0) is 20.4. The van der Waals surface area contributed by atoms with Crippen LogP contribution in [-0.4, -0.2) is 23.1 Å². The number of fused-ring (bicyclic) bond motifs is 1. The van der Waals surface area contributed by atoms with Gasteiger partial charge in [0, 0.05) is 23.9 Å². The number of carbonyl (C=O) groups excluding carboxylic acids is 1. The number of para-hydroxylation sites is 1. The molecule has 5 heteroatoms. The average molecular weight is 403 g/mol. The van der Waals surface area contributed by atoms with Crippen LogP contribution >= 0.6 is 11.8 Å². The molecule has 0 saturated heterocycles. The van der Waals surface area contributed by atoms with Crippen LogP contribution in [0.5, 0.6) is 0 Å². The van der Waals surface area contributed by atoms with Crippen molar-refractivity contribution in [1.82, 2.24) is 0 Å². The van der Waals surface area contributed by atoms with Crippen LogP contribution in [-0.2, 0) is 0 Å². The topological polar surface area (TPSA) is 61.7 Å². The molecule has 0 bridgehead atoms. The van der Waals surface area contributed by atoms with Crippen molar-refractivity contribution >= 4 is 28.3 Å². The summed E-state index contributed by atoms with van der Waals surface area (Å²) in [7, 11) is 1.82. The summed E-state index contributed by atoms with van der Waals surface area (Å²) in [5.74, 6) is -0.337. The number of anilines is 1. The largest absolute Gasteiger partial charge is 0.410 e. The number of benzene rings is 3. The minimum absolute atomic E-state index is 0.0532. The predicted octanol–water partition coefficient (Wildman–Crippen LogP) is 5.63. The SMILES string of the molecule is CNc1ccccc1C(=O)C1c2ccccc2/C(=N/O)SC1c1ccc(C)cc1. The van der Waals surface area contributed by atoms with Gasteiger partial charge in [-0.2, -0.15) is 0 Å². The molecule has 1 aliphatic heterocycles. The standard InChI is InChI=1S/C24H22N2O2S/c1-15-11-13-16(14-12-15)23-21(22(27)19-9-5-6-10-20(19)25-2)17-7-3-4-8-18(17)24(26-28)29-23/h3-14,21,23,25,28H,1-2H3/b26-24-. The third kappa shape index (κ3) is 3.54. The van der Waals surface area contributed by atoms with Crippen LogP contribution in [0.1, 0.15) is 43.8 Å². The molecule has 29 heavy (non-hydrogen) atoms. The van der Waals surface area contributed by atoms with Crippen LogP contribution in [0.15, 0.2) is 78.0 Å². The van der Waals surface area contributed by atoms with E-state index in [1.807, 2.05) is 62.5 Å². The summed E-state index contributed by atoms with van der Waals surface area (Å²) in [6.45, 7) is 2.04. The second kappa shape index (κ2) is 8.13. The molecule has 0 fully saturated rings. The molecule has 3 aromatic rings. The fourth-order valence-electron chi connectivity index (χ4n) is 3.83. The van der Waals surface area contributed by atoms with Gasteiger partial charge in [-0.05, 0) is 30.2 Å². The molecule has 4 nitrogen and oxygen atoms in total. The van der Waals surface area contributed by atoms with Crippen molar-refractivity contribution in [3.05, 3.63) is 101 Å². The summed E-state index contributed by atoms with van der Waals surface area (Å²) in [5, 5.41) is 16.7. The number of ketones is 1. The van der Waals surface area contributed by atoms with Crippen LogP contribution < -0.4 is 5.32 Å². The van der Waals surface area contributed by atoms with Gasteiger partial charge in [-0.1, -0.05) is 83.1 Å². The fourth-order valence-corrected chi connectivity index (χ4v) is 5.13. The number of hydrogen-bond donors (Lipinski definition) is 2. The first-order valence-corrected chi connectivity index (χ1v) is 10.4. The van der Waals surface area contributed by atoms with E-state index in [4.69, 9.17) is 0 Å². The lowest BCUT2D eigenvalue weighted by Gasteiger charge is -2.33. The molecular formula is C24H22N2O2S. The maximum Gasteiger partial charge on any atom is 0.173 e. The summed E-state index contributed by atoms with van der Waals surface area (Å²) in [4.78, 5) is 13.8. The zero-order valence-corrected chi connectivity index (χ0v) is 17.1. The van der Waals surface area contributed by atoms with E-state index in [9.17, 15) is 10.0 Å². The van der Waals surface area contributed by atoms with E-state index in [0.29, 0.717) is 10.6 Å². The van der Waals surface area contributed by atoms with E-state index >= 15 is 0 Å². The Kier molecular flexibility index (Phi) is 5.41. The van der Waals surface area contributed by atoms with E-state index in [0.717, 1.165) is 27.9 Å². The number of aryl methyl sites for hydroxylation is 1. The first-order valence-electron chi connectivity index (χ1n) is 9.49. The maximum atomic E-state index is 13.8. The molecule has 1 aliphatic rings. The third-order valence-corrected chi connectivity index (χ3v) is 6.63. The smallest absolute Gasteiger partial charge is 0.173 e. The quantitative estimate of drug-likeness (QED) is 0.337. The van der Waals surface area contributed by atoms with Crippen molar-refractivity contribution in [1.29, 1.82) is 0 Å². The highest BCUT2D eigenvalue weighted by Crippen LogP contribution is 2.50. The molecule has 146 valence electrons. The van der Waals surface area contributed by atoms with E-state index in [1.54, 1.807) is 0 Å². The normalized spacial score (nSPS) is 19.6. The molecule has 0 amide bonds. The molecule has 0 aliphatic carbocycles. The highest BCUT2D eigenvalue weighted by atomic mass is 32.2. The number of thioether (sulfide) groups is 1. The Morgan fingerprint density at radius 1 is 1.00 bits per heavy atom. The van der Waals surface area contributed by atoms with Crippen molar-refractivity contribution in [2.24, 2.45) is 5.16 Å². The van der Waals surface area contributed by atoms with Gasteiger partial charge in [0.25, 0.3) is 0 Å². The number of nitrogens with zero attached hydrogens (tertiary/aromatic N) is 1. The Bertz CT molecular complexity index is 1080. The van der Waals surface area contributed by atoms with Crippen LogP contribution in [0.3, 0.4) is 0 Å². The highest BCUT2D eigenvalue weighted by Gasteiger charge is 2.40. The monoisotopic (exact) mass is 402 g/mol. The van der Waals surface area contributed by atoms with Gasteiger partial charge in [-0.15, -0.1) is 0 Å². The molecule has 2 unspecified atom stereocenters. The summed E-state index contributed by atoms with van der Waals surface area (Å²) in [5.41, 5.74) is 5.37. The van der Waals surface area contributed by atoms with Gasteiger partial charge in [0.15, 0.2) is 5.78 Å². The van der Waals surface area contributed by atoms with Crippen molar-refractivity contribution < 1.29 is 10.0 Å². The average Bonchev–Trinajstić information content (AvgIpc) is 2.78. The number of nitrogens with one attached hydrogen (secondary N) is 1. The summed E-state index contributed by atoms with van der Waals surface area (Å²) in [6.07, 6.45) is 0. The third-order valence-electron chi connectivity index (χ3n) is 5.31. The van der Waals surface area contributed by atoms with Crippen molar-refractivity contribution in [2.45, 2.75) is 18.1 Å². The molecule has 0 aromatic heterocycles. The lowest BCUT2D eigenvalue weighted by Crippen LogP contribution is -2.27. The summed E-state index contributed by atoms with van der Waals surface area (Å²) in [6, 6.07) is 23.5. The minimum atomic E-state index is -0.390. The lowest BCUT2D eigenvalue weighted by atomic mass is 9.82. The fraction of sp³-hybridized carbons (Fsp3) is 0.167. The summed E-state index contributed by atoms with van der Waals surface area (Å²) < 4.78 is 0. The van der Waals surface area contributed by atoms with Gasteiger partial charge in [0.05, 0.1) is 11.2 Å². The van der Waals surface area contributed by atoms with Gasteiger partial charge < -0.3 is 10.5 Å². The number of hydrogen-bond acceptors (Lipinski definition) is 5. The second-order valence-electron chi connectivity index (χ2n) is 7.08. The van der Waals surface area contributed by atoms with Gasteiger partial charge in [-0.3, -0.25) is 4.79 Å². The maximum absolute atomic E-state index is 13.8. The minimum Gasteiger partial charge on any atom is -0.410 e. The lowest BCUT2D eigenvalue weighted by molar-refractivity contribution is 0.0958. The Labute approximate surface area is 174 Å². The zero-order valence-electron chi connectivity index (χ0n) is 16.3. The van der Waals surface area contributed by atoms with Gasteiger partial charge in [-0.25, -0.2) is 0 Å². The number of rotatable bonds is 4. The first kappa shape index (κ1) is 19.3. The molecule has 0 radical (unpaired) electrons. The van der Waals surface area contributed by atoms with E-state index in [-0.39, 0.29) is 17.0 Å². The molecule has 0 saturated carbocycles. The number of carbonyl (C=O) groups is 1. The molecule has 2 N–H and O–H groups in total. The Morgan fingerprint density at radius 2 is 1.69 bits per heavy atom. The Hall–Kier alpha value is -3.05. The van der Waals surface area contributed by atoms with Gasteiger partial charge in [0.1, 0.15) is 5.04 Å². The van der Waals surface area contributed by atoms with Gasteiger partial charge >= 0.3 is 0 Å². The van der Waals surface area contributed by atoms with Crippen molar-refractivity contribution in [3.63, 3.8) is 0 Å². The molecule has 4 rings (SSSR count). The van der Waals surface area contributed by atoms with Gasteiger partial charge in [0.2, 0.25) is 0 Å². The van der Waals surface area contributed by atoms with Crippen LogP contribution in [0.25, 0.3) is 0 Å². The van der Waals surface area contributed by atoms with E-state index in [1.165, 1.54) is 11.8 Å². The second-order valence-corrected chi connectivity index (χ2v) is 8.21. The number of oxime groups is 1. The van der Waals surface area contributed by atoms with Crippen LogP contribution in [0, 0.1) is 6.92 Å². The van der Waals surface area contributed by atoms with Crippen molar-refractivity contribution in [2.75, 3.05) is 12.4 Å². The van der Waals surface area contributed by atoms with E-state index < -0.39 is 0 Å². The van der Waals surface area contributed by atoms with Crippen LogP contribution in [0.4, 0.5) is 5.69 Å². The van der Waals surface area contributed by atoms with E-state index in [2.05, 4.69) is 34.7 Å². The van der Waals surface area contributed by atoms with Crippen molar-refractivity contribution in [3.8, 4) is 0 Å². The predicted molar refractivity (Wildman–Crippen MR) is 119 cm³/mol. The molecule has 0 spiro atoms. The summed E-state index contributed by atoms with van der Waals surface area (Å²) >= 11 is 1.44. The molecule has 1 heterocycles.